The van der Waals surface area contributed by atoms with Gasteiger partial charge in [0.05, 0.1) is 6.04 Å². The van der Waals surface area contributed by atoms with Crippen molar-refractivity contribution in [1.29, 1.82) is 0 Å². The first-order valence-electron chi connectivity index (χ1n) is 9.95. The lowest BCUT2D eigenvalue weighted by Gasteiger charge is -2.45. The number of carbonyl (C=O) groups is 1. The zero-order chi connectivity index (χ0) is 19.3. The summed E-state index contributed by atoms with van der Waals surface area (Å²) in [5.41, 5.74) is 3.24. The van der Waals surface area contributed by atoms with Gasteiger partial charge in [-0.05, 0) is 52.4 Å². The zero-order valence-electron chi connectivity index (χ0n) is 15.8. The minimum absolute atomic E-state index is 0.0817. The summed E-state index contributed by atoms with van der Waals surface area (Å²) in [7, 11) is 0. The zero-order valence-corrected chi connectivity index (χ0v) is 15.8. The Morgan fingerprint density at radius 1 is 1.07 bits per heavy atom. The smallest absolute Gasteiger partial charge is 0.227 e. The van der Waals surface area contributed by atoms with Crippen LogP contribution in [-0.2, 0) is 4.79 Å². The molecule has 3 aromatic rings. The van der Waals surface area contributed by atoms with Gasteiger partial charge in [0, 0.05) is 18.0 Å². The second-order valence-corrected chi connectivity index (χ2v) is 7.69. The van der Waals surface area contributed by atoms with Crippen LogP contribution in [0.25, 0.3) is 10.8 Å². The van der Waals surface area contributed by atoms with Crippen LogP contribution in [0.4, 0.5) is 10.1 Å². The molecule has 28 heavy (non-hydrogen) atoms. The van der Waals surface area contributed by atoms with Gasteiger partial charge in [0.25, 0.3) is 0 Å². The normalized spacial score (nSPS) is 22.9. The SMILES string of the molecule is CCC(=O)N1c2ccc3ccccc3c2[C@H]2C=CC[C@@H]2[C@@H]1c1ccc(F)cc1. The Bertz CT molecular complexity index is 1090. The molecular weight excluding hydrogens is 349 g/mol. The number of fused-ring (bicyclic) bond motifs is 5. The summed E-state index contributed by atoms with van der Waals surface area (Å²) in [6, 6.07) is 19.2. The molecule has 0 N–H and O–H groups in total. The highest BCUT2D eigenvalue weighted by atomic mass is 19.1. The van der Waals surface area contributed by atoms with Gasteiger partial charge < -0.3 is 4.90 Å². The summed E-state index contributed by atoms with van der Waals surface area (Å²) in [6.07, 6.45) is 5.88. The number of anilines is 1. The lowest BCUT2D eigenvalue weighted by Crippen LogP contribution is -2.43. The molecule has 1 aliphatic heterocycles. The molecule has 3 aromatic carbocycles. The van der Waals surface area contributed by atoms with E-state index in [0.29, 0.717) is 6.42 Å². The predicted octanol–water partition coefficient (Wildman–Crippen LogP) is 6.14. The monoisotopic (exact) mass is 371 g/mol. The van der Waals surface area contributed by atoms with Crippen molar-refractivity contribution >= 4 is 22.4 Å². The van der Waals surface area contributed by atoms with Gasteiger partial charge in [-0.2, -0.15) is 0 Å². The van der Waals surface area contributed by atoms with Crippen molar-refractivity contribution in [3.05, 3.63) is 89.8 Å². The Morgan fingerprint density at radius 3 is 2.64 bits per heavy atom. The highest BCUT2D eigenvalue weighted by Crippen LogP contribution is 2.54. The second kappa shape index (κ2) is 6.59. The number of hydrogen-bond acceptors (Lipinski definition) is 1. The fourth-order valence-electron chi connectivity index (χ4n) is 5.01. The molecule has 0 spiro atoms. The number of carbonyl (C=O) groups excluding carboxylic acids is 1. The Balaban J connectivity index is 1.78. The summed E-state index contributed by atoms with van der Waals surface area (Å²) in [4.78, 5) is 15.1. The van der Waals surface area contributed by atoms with Crippen LogP contribution in [0.1, 0.15) is 42.9 Å². The predicted molar refractivity (Wildman–Crippen MR) is 111 cm³/mol. The van der Waals surface area contributed by atoms with Crippen molar-refractivity contribution in [1.82, 2.24) is 0 Å². The minimum atomic E-state index is -0.250. The lowest BCUT2D eigenvalue weighted by atomic mass is 9.74. The molecule has 5 rings (SSSR count). The molecule has 0 radical (unpaired) electrons. The van der Waals surface area contributed by atoms with E-state index in [1.54, 1.807) is 0 Å². The van der Waals surface area contributed by atoms with Crippen molar-refractivity contribution < 1.29 is 9.18 Å². The van der Waals surface area contributed by atoms with Crippen molar-refractivity contribution in [3.63, 3.8) is 0 Å². The number of benzene rings is 3. The Morgan fingerprint density at radius 2 is 1.86 bits per heavy atom. The maximum Gasteiger partial charge on any atom is 0.227 e. The molecular formula is C25H22FNO. The maximum absolute atomic E-state index is 13.6. The molecule has 2 nitrogen and oxygen atoms in total. The van der Waals surface area contributed by atoms with Gasteiger partial charge >= 0.3 is 0 Å². The van der Waals surface area contributed by atoms with Crippen molar-refractivity contribution in [2.75, 3.05) is 4.90 Å². The highest BCUT2D eigenvalue weighted by Gasteiger charge is 2.44. The first kappa shape index (κ1) is 17.2. The standard InChI is InChI=1S/C25H22FNO/c1-2-23(28)27-22-15-12-16-6-3-4-7-19(16)24(22)20-8-5-9-21(20)25(27)17-10-13-18(26)14-11-17/h3-8,10-15,20-21,25H,2,9H2,1H3/t20-,21-,25-/m0/s1. The van der Waals surface area contributed by atoms with Crippen LogP contribution in [0.3, 0.4) is 0 Å². The van der Waals surface area contributed by atoms with Crippen LogP contribution in [0.5, 0.6) is 0 Å². The van der Waals surface area contributed by atoms with E-state index in [1.807, 2.05) is 24.0 Å². The number of nitrogens with zero attached hydrogens (tertiary/aromatic N) is 1. The van der Waals surface area contributed by atoms with Crippen molar-refractivity contribution in [2.24, 2.45) is 5.92 Å². The second-order valence-electron chi connectivity index (χ2n) is 7.69. The lowest BCUT2D eigenvalue weighted by molar-refractivity contribution is -0.119. The Kier molecular flexibility index (Phi) is 4.04. The molecule has 0 saturated carbocycles. The molecule has 140 valence electrons. The summed E-state index contributed by atoms with van der Waals surface area (Å²) in [5.74, 6) is 0.382. The molecule has 1 amide bonds. The number of halogens is 1. The van der Waals surface area contributed by atoms with E-state index in [-0.39, 0.29) is 29.6 Å². The van der Waals surface area contributed by atoms with Gasteiger partial charge in [-0.1, -0.05) is 61.5 Å². The van der Waals surface area contributed by atoms with E-state index >= 15 is 0 Å². The van der Waals surface area contributed by atoms with Crippen LogP contribution in [0.15, 0.2) is 72.8 Å². The van der Waals surface area contributed by atoms with Crippen LogP contribution in [-0.4, -0.2) is 5.91 Å². The fraction of sp³-hybridized carbons (Fsp3) is 0.240. The molecule has 1 aliphatic carbocycles. The third-order valence-electron chi connectivity index (χ3n) is 6.22. The van der Waals surface area contributed by atoms with Crippen LogP contribution >= 0.6 is 0 Å². The number of rotatable bonds is 2. The van der Waals surface area contributed by atoms with E-state index in [1.165, 1.54) is 28.5 Å². The van der Waals surface area contributed by atoms with E-state index in [9.17, 15) is 9.18 Å². The Labute approximate surface area is 164 Å². The fourth-order valence-corrected chi connectivity index (χ4v) is 5.01. The largest absolute Gasteiger partial charge is 0.304 e. The third kappa shape index (κ3) is 2.50. The van der Waals surface area contributed by atoms with Crippen LogP contribution in [0.2, 0.25) is 0 Å². The molecule has 0 aromatic heterocycles. The van der Waals surface area contributed by atoms with E-state index < -0.39 is 0 Å². The Hall–Kier alpha value is -2.94. The molecule has 0 bridgehead atoms. The summed E-state index contributed by atoms with van der Waals surface area (Å²) >= 11 is 0. The molecule has 3 atom stereocenters. The maximum atomic E-state index is 13.6. The van der Waals surface area contributed by atoms with E-state index in [0.717, 1.165) is 17.7 Å². The summed E-state index contributed by atoms with van der Waals surface area (Å²) in [5, 5.41) is 2.41. The van der Waals surface area contributed by atoms with Gasteiger partial charge in [0.15, 0.2) is 0 Å². The number of hydrogen-bond donors (Lipinski definition) is 0. The van der Waals surface area contributed by atoms with Gasteiger partial charge in [-0.25, -0.2) is 4.39 Å². The van der Waals surface area contributed by atoms with Crippen LogP contribution < -0.4 is 4.90 Å². The van der Waals surface area contributed by atoms with E-state index in [4.69, 9.17) is 0 Å². The molecule has 0 fully saturated rings. The molecule has 1 heterocycles. The highest BCUT2D eigenvalue weighted by molar-refractivity contribution is 6.01. The molecule has 0 unspecified atom stereocenters. The average molecular weight is 371 g/mol. The first-order chi connectivity index (χ1) is 13.7. The van der Waals surface area contributed by atoms with Gasteiger partial charge in [0.1, 0.15) is 5.82 Å². The van der Waals surface area contributed by atoms with Crippen molar-refractivity contribution in [2.45, 2.75) is 31.7 Å². The number of amides is 1. The minimum Gasteiger partial charge on any atom is -0.304 e. The molecule has 2 aliphatic rings. The molecule has 3 heteroatoms. The quantitative estimate of drug-likeness (QED) is 0.496. The molecule has 0 saturated heterocycles. The van der Waals surface area contributed by atoms with Gasteiger partial charge in [-0.3, -0.25) is 4.79 Å². The van der Waals surface area contributed by atoms with Crippen molar-refractivity contribution in [3.8, 4) is 0 Å². The van der Waals surface area contributed by atoms with Gasteiger partial charge in [-0.15, -0.1) is 0 Å². The third-order valence-corrected chi connectivity index (χ3v) is 6.22. The topological polar surface area (TPSA) is 20.3 Å². The average Bonchev–Trinajstić information content (AvgIpc) is 3.22. The number of allylic oxidation sites excluding steroid dienone is 2. The van der Waals surface area contributed by atoms with Gasteiger partial charge in [0.2, 0.25) is 5.91 Å². The first-order valence-corrected chi connectivity index (χ1v) is 9.95. The summed E-state index contributed by atoms with van der Waals surface area (Å²) < 4.78 is 13.6. The van der Waals surface area contributed by atoms with Crippen LogP contribution in [0, 0.1) is 11.7 Å². The van der Waals surface area contributed by atoms with E-state index in [2.05, 4.69) is 48.6 Å². The summed E-state index contributed by atoms with van der Waals surface area (Å²) in [6.45, 7) is 1.91.